The van der Waals surface area contributed by atoms with E-state index in [2.05, 4.69) is 4.90 Å². The second kappa shape index (κ2) is 5.84. The molecular weight excluding hydrogens is 232 g/mol. The first kappa shape index (κ1) is 12.9. The van der Waals surface area contributed by atoms with Gasteiger partial charge in [0, 0.05) is 38.3 Å². The molecule has 18 heavy (non-hydrogen) atoms. The smallest absolute Gasteiger partial charge is 0.253 e. The zero-order valence-corrected chi connectivity index (χ0v) is 10.2. The summed E-state index contributed by atoms with van der Waals surface area (Å²) in [6.07, 6.45) is 0. The predicted molar refractivity (Wildman–Crippen MR) is 67.5 cm³/mol. The number of phenolic OH excluding ortho intramolecular Hbond substituents is 1. The van der Waals surface area contributed by atoms with Gasteiger partial charge in [-0.2, -0.15) is 0 Å². The zero-order valence-electron chi connectivity index (χ0n) is 10.2. The van der Waals surface area contributed by atoms with E-state index in [9.17, 15) is 9.90 Å². The summed E-state index contributed by atoms with van der Waals surface area (Å²) in [7, 11) is 0. The number of aliphatic hydroxyl groups is 1. The molecule has 0 unspecified atom stereocenters. The van der Waals surface area contributed by atoms with Crippen molar-refractivity contribution in [2.75, 3.05) is 39.3 Å². The highest BCUT2D eigenvalue weighted by Gasteiger charge is 2.21. The van der Waals surface area contributed by atoms with Gasteiger partial charge in [-0.05, 0) is 24.3 Å². The van der Waals surface area contributed by atoms with Crippen LogP contribution in [0.5, 0.6) is 5.75 Å². The fourth-order valence-corrected chi connectivity index (χ4v) is 2.10. The standard InChI is InChI=1S/C13H18N2O3/c16-10-9-14-5-7-15(8-6-14)13(18)11-1-3-12(17)4-2-11/h1-4,16-17H,5-10H2. The number of amides is 1. The van der Waals surface area contributed by atoms with Crippen molar-refractivity contribution in [2.45, 2.75) is 0 Å². The van der Waals surface area contributed by atoms with Crippen LogP contribution in [0.2, 0.25) is 0 Å². The molecule has 0 saturated carbocycles. The van der Waals surface area contributed by atoms with E-state index in [1.807, 2.05) is 0 Å². The molecule has 1 aliphatic rings. The number of hydrogen-bond acceptors (Lipinski definition) is 4. The second-order valence-electron chi connectivity index (χ2n) is 4.40. The monoisotopic (exact) mass is 250 g/mol. The van der Waals surface area contributed by atoms with E-state index in [-0.39, 0.29) is 18.3 Å². The van der Waals surface area contributed by atoms with Crippen LogP contribution in [0.4, 0.5) is 0 Å². The quantitative estimate of drug-likeness (QED) is 0.801. The second-order valence-corrected chi connectivity index (χ2v) is 4.40. The van der Waals surface area contributed by atoms with E-state index in [0.717, 1.165) is 13.1 Å². The number of aliphatic hydroxyl groups excluding tert-OH is 1. The Morgan fingerprint density at radius 2 is 1.72 bits per heavy atom. The van der Waals surface area contributed by atoms with Crippen molar-refractivity contribution in [3.63, 3.8) is 0 Å². The van der Waals surface area contributed by atoms with Gasteiger partial charge in [0.1, 0.15) is 5.75 Å². The summed E-state index contributed by atoms with van der Waals surface area (Å²) >= 11 is 0. The number of hydrogen-bond donors (Lipinski definition) is 2. The summed E-state index contributed by atoms with van der Waals surface area (Å²) in [6, 6.07) is 6.32. The molecule has 0 radical (unpaired) electrons. The van der Waals surface area contributed by atoms with Gasteiger partial charge in [-0.1, -0.05) is 0 Å². The van der Waals surface area contributed by atoms with Crippen LogP contribution in [0, 0.1) is 0 Å². The minimum atomic E-state index is -0.00125. The van der Waals surface area contributed by atoms with Crippen molar-refractivity contribution >= 4 is 5.91 Å². The number of benzene rings is 1. The predicted octanol–water partition coefficient (Wildman–Crippen LogP) is 0.142. The minimum Gasteiger partial charge on any atom is -0.508 e. The first-order valence-corrected chi connectivity index (χ1v) is 6.12. The number of aromatic hydroxyl groups is 1. The first-order chi connectivity index (χ1) is 8.70. The highest BCUT2D eigenvalue weighted by atomic mass is 16.3. The van der Waals surface area contributed by atoms with Crippen molar-refractivity contribution in [1.82, 2.24) is 9.80 Å². The highest BCUT2D eigenvalue weighted by molar-refractivity contribution is 5.94. The van der Waals surface area contributed by atoms with Crippen LogP contribution in [0.3, 0.4) is 0 Å². The van der Waals surface area contributed by atoms with E-state index >= 15 is 0 Å². The Bertz CT molecular complexity index is 397. The Labute approximate surface area is 106 Å². The summed E-state index contributed by atoms with van der Waals surface area (Å²) in [5.74, 6) is 0.165. The van der Waals surface area contributed by atoms with Gasteiger partial charge in [-0.25, -0.2) is 0 Å². The van der Waals surface area contributed by atoms with Gasteiger partial charge >= 0.3 is 0 Å². The number of nitrogens with zero attached hydrogens (tertiary/aromatic N) is 2. The number of phenols is 1. The molecule has 1 amide bonds. The molecular formula is C13H18N2O3. The molecule has 5 heteroatoms. The Morgan fingerprint density at radius 1 is 1.11 bits per heavy atom. The van der Waals surface area contributed by atoms with Crippen molar-refractivity contribution in [1.29, 1.82) is 0 Å². The molecule has 1 heterocycles. The Morgan fingerprint density at radius 3 is 2.28 bits per heavy atom. The topological polar surface area (TPSA) is 64.0 Å². The van der Waals surface area contributed by atoms with E-state index in [1.165, 1.54) is 12.1 Å². The van der Waals surface area contributed by atoms with Crippen LogP contribution in [0.25, 0.3) is 0 Å². The average molecular weight is 250 g/mol. The van der Waals surface area contributed by atoms with Crippen LogP contribution in [-0.2, 0) is 0 Å². The maximum absolute atomic E-state index is 12.2. The summed E-state index contributed by atoms with van der Waals surface area (Å²) in [5.41, 5.74) is 0.600. The Hall–Kier alpha value is -1.59. The summed E-state index contributed by atoms with van der Waals surface area (Å²) in [6.45, 7) is 3.78. The maximum atomic E-state index is 12.2. The SMILES string of the molecule is O=C(c1ccc(O)cc1)N1CCN(CCO)CC1. The molecule has 0 spiro atoms. The zero-order chi connectivity index (χ0) is 13.0. The lowest BCUT2D eigenvalue weighted by molar-refractivity contribution is 0.0615. The van der Waals surface area contributed by atoms with Crippen LogP contribution in [-0.4, -0.2) is 65.3 Å². The van der Waals surface area contributed by atoms with Gasteiger partial charge < -0.3 is 15.1 Å². The summed E-state index contributed by atoms with van der Waals surface area (Å²) in [4.78, 5) is 16.1. The molecule has 2 N–H and O–H groups in total. The summed E-state index contributed by atoms with van der Waals surface area (Å²) < 4.78 is 0. The Kier molecular flexibility index (Phi) is 4.17. The molecule has 0 aliphatic carbocycles. The molecule has 1 saturated heterocycles. The van der Waals surface area contributed by atoms with Gasteiger partial charge in [0.2, 0.25) is 0 Å². The molecule has 0 aromatic heterocycles. The Balaban J connectivity index is 1.93. The number of β-amino-alcohol motifs (C(OH)–C–C–N with tert-alkyl or cyclic N) is 1. The third-order valence-electron chi connectivity index (χ3n) is 3.19. The van der Waals surface area contributed by atoms with E-state index in [4.69, 9.17) is 5.11 Å². The molecule has 98 valence electrons. The third-order valence-corrected chi connectivity index (χ3v) is 3.19. The fourth-order valence-electron chi connectivity index (χ4n) is 2.10. The number of rotatable bonds is 3. The molecule has 0 atom stereocenters. The van der Waals surface area contributed by atoms with Crippen molar-refractivity contribution < 1.29 is 15.0 Å². The lowest BCUT2D eigenvalue weighted by Crippen LogP contribution is -2.49. The number of piperazine rings is 1. The molecule has 5 nitrogen and oxygen atoms in total. The molecule has 0 bridgehead atoms. The van der Waals surface area contributed by atoms with Gasteiger partial charge in [0.25, 0.3) is 5.91 Å². The van der Waals surface area contributed by atoms with Gasteiger partial charge in [-0.15, -0.1) is 0 Å². The van der Waals surface area contributed by atoms with E-state index in [1.54, 1.807) is 17.0 Å². The van der Waals surface area contributed by atoms with E-state index < -0.39 is 0 Å². The van der Waals surface area contributed by atoms with Crippen molar-refractivity contribution in [3.05, 3.63) is 29.8 Å². The van der Waals surface area contributed by atoms with Gasteiger partial charge in [0.15, 0.2) is 0 Å². The molecule has 1 fully saturated rings. The molecule has 1 aromatic rings. The minimum absolute atomic E-state index is 0.00125. The van der Waals surface area contributed by atoms with Crippen LogP contribution in [0.1, 0.15) is 10.4 Å². The van der Waals surface area contributed by atoms with Gasteiger partial charge in [0.05, 0.1) is 6.61 Å². The maximum Gasteiger partial charge on any atom is 0.253 e. The summed E-state index contributed by atoms with van der Waals surface area (Å²) in [5, 5.41) is 18.0. The number of carbonyl (C=O) groups excluding carboxylic acids is 1. The average Bonchev–Trinajstić information content (AvgIpc) is 2.40. The lowest BCUT2D eigenvalue weighted by Gasteiger charge is -2.34. The van der Waals surface area contributed by atoms with Crippen molar-refractivity contribution in [3.8, 4) is 5.75 Å². The molecule has 1 aromatic carbocycles. The van der Waals surface area contributed by atoms with E-state index in [0.29, 0.717) is 25.2 Å². The van der Waals surface area contributed by atoms with Crippen LogP contribution >= 0.6 is 0 Å². The normalized spacial score (nSPS) is 16.8. The van der Waals surface area contributed by atoms with Gasteiger partial charge in [-0.3, -0.25) is 9.69 Å². The van der Waals surface area contributed by atoms with Crippen LogP contribution < -0.4 is 0 Å². The van der Waals surface area contributed by atoms with Crippen LogP contribution in [0.15, 0.2) is 24.3 Å². The molecule has 1 aliphatic heterocycles. The largest absolute Gasteiger partial charge is 0.508 e. The first-order valence-electron chi connectivity index (χ1n) is 6.12. The van der Waals surface area contributed by atoms with Crippen molar-refractivity contribution in [2.24, 2.45) is 0 Å². The fraction of sp³-hybridized carbons (Fsp3) is 0.462. The molecule has 2 rings (SSSR count). The highest BCUT2D eigenvalue weighted by Crippen LogP contribution is 2.13. The number of carbonyl (C=O) groups is 1. The lowest BCUT2D eigenvalue weighted by atomic mass is 10.1. The third kappa shape index (κ3) is 3.00.